The van der Waals surface area contributed by atoms with Crippen molar-refractivity contribution < 1.29 is 35.8 Å². The van der Waals surface area contributed by atoms with Crippen LogP contribution in [-0.4, -0.2) is 31.0 Å². The molecule has 0 atom stereocenters. The van der Waals surface area contributed by atoms with Gasteiger partial charge in [0, 0.05) is 6.07 Å². The van der Waals surface area contributed by atoms with Crippen molar-refractivity contribution >= 4 is 20.2 Å². The van der Waals surface area contributed by atoms with E-state index in [1.54, 1.807) is 0 Å². The van der Waals surface area contributed by atoms with Gasteiger partial charge in [-0.25, -0.2) is 0 Å². The van der Waals surface area contributed by atoms with E-state index in [4.69, 9.17) is 13.8 Å². The SMILES string of the molecule is O=S(=O)(O)c1ccc(Oc2cc(S(=O)(=O)O)ccc2O)cc1. The highest BCUT2D eigenvalue weighted by Gasteiger charge is 2.14. The second-order valence-corrected chi connectivity index (χ2v) is 7.00. The molecule has 0 heterocycles. The van der Waals surface area contributed by atoms with Crippen molar-refractivity contribution in [2.45, 2.75) is 9.79 Å². The monoisotopic (exact) mass is 346 g/mol. The zero-order valence-corrected chi connectivity index (χ0v) is 12.4. The number of phenolic OH excluding ortho intramolecular Hbond substituents is 1. The van der Waals surface area contributed by atoms with Crippen LogP contribution in [0.25, 0.3) is 0 Å². The highest BCUT2D eigenvalue weighted by Crippen LogP contribution is 2.33. The van der Waals surface area contributed by atoms with E-state index in [1.165, 1.54) is 12.1 Å². The Kier molecular flexibility index (Phi) is 4.11. The maximum Gasteiger partial charge on any atom is 0.294 e. The van der Waals surface area contributed by atoms with Gasteiger partial charge >= 0.3 is 0 Å². The Morgan fingerprint density at radius 1 is 0.773 bits per heavy atom. The van der Waals surface area contributed by atoms with Gasteiger partial charge in [0.2, 0.25) is 0 Å². The van der Waals surface area contributed by atoms with Crippen LogP contribution in [0.1, 0.15) is 0 Å². The fourth-order valence-corrected chi connectivity index (χ4v) is 2.52. The summed E-state index contributed by atoms with van der Waals surface area (Å²) < 4.78 is 66.8. The molecule has 2 aromatic carbocycles. The van der Waals surface area contributed by atoms with E-state index in [0.29, 0.717) is 0 Å². The average molecular weight is 346 g/mol. The molecule has 0 aliphatic rings. The Hall–Kier alpha value is -2.14. The van der Waals surface area contributed by atoms with Crippen molar-refractivity contribution in [1.29, 1.82) is 0 Å². The van der Waals surface area contributed by atoms with Gasteiger partial charge in [0.25, 0.3) is 20.2 Å². The topological polar surface area (TPSA) is 138 Å². The molecule has 0 bridgehead atoms. The summed E-state index contributed by atoms with van der Waals surface area (Å²) in [5, 5.41) is 9.61. The summed E-state index contributed by atoms with van der Waals surface area (Å²) in [6.07, 6.45) is 0. The lowest BCUT2D eigenvalue weighted by molar-refractivity contribution is 0.408. The number of aromatic hydroxyl groups is 1. The molecule has 0 amide bonds. The van der Waals surface area contributed by atoms with Gasteiger partial charge in [-0.1, -0.05) is 0 Å². The van der Waals surface area contributed by atoms with Crippen molar-refractivity contribution in [2.75, 3.05) is 0 Å². The summed E-state index contributed by atoms with van der Waals surface area (Å²) in [5.74, 6) is -0.559. The first-order valence-corrected chi connectivity index (χ1v) is 8.51. The van der Waals surface area contributed by atoms with E-state index in [9.17, 15) is 21.9 Å². The largest absolute Gasteiger partial charge is 0.504 e. The van der Waals surface area contributed by atoms with E-state index in [-0.39, 0.29) is 22.1 Å². The lowest BCUT2D eigenvalue weighted by atomic mass is 10.3. The highest BCUT2D eigenvalue weighted by molar-refractivity contribution is 7.86. The molecule has 0 radical (unpaired) electrons. The molecule has 0 saturated heterocycles. The summed E-state index contributed by atoms with van der Waals surface area (Å²) >= 11 is 0. The third-order valence-corrected chi connectivity index (χ3v) is 4.30. The average Bonchev–Trinajstić information content (AvgIpc) is 2.39. The first kappa shape index (κ1) is 16.2. The van der Waals surface area contributed by atoms with Gasteiger partial charge < -0.3 is 9.84 Å². The van der Waals surface area contributed by atoms with E-state index >= 15 is 0 Å². The zero-order chi connectivity index (χ0) is 16.5. The second-order valence-electron chi connectivity index (χ2n) is 4.15. The van der Waals surface area contributed by atoms with Crippen LogP contribution in [0.4, 0.5) is 0 Å². The summed E-state index contributed by atoms with van der Waals surface area (Å²) in [6.45, 7) is 0. The van der Waals surface area contributed by atoms with Crippen LogP contribution in [0.15, 0.2) is 52.3 Å². The maximum atomic E-state index is 11.0. The molecule has 10 heteroatoms. The van der Waals surface area contributed by atoms with Gasteiger partial charge in [0.1, 0.15) is 5.75 Å². The predicted molar refractivity (Wildman–Crippen MR) is 74.3 cm³/mol. The van der Waals surface area contributed by atoms with Crippen molar-refractivity contribution in [2.24, 2.45) is 0 Å². The Morgan fingerprint density at radius 3 is 1.77 bits per heavy atom. The van der Waals surface area contributed by atoms with E-state index in [0.717, 1.165) is 30.3 Å². The smallest absolute Gasteiger partial charge is 0.294 e. The third-order valence-electron chi connectivity index (χ3n) is 2.58. The number of hydrogen-bond donors (Lipinski definition) is 3. The van der Waals surface area contributed by atoms with Crippen LogP contribution in [-0.2, 0) is 20.2 Å². The van der Waals surface area contributed by atoms with Crippen molar-refractivity contribution in [3.8, 4) is 17.2 Å². The minimum atomic E-state index is -4.46. The Balaban J connectivity index is 2.35. The number of hydrogen-bond acceptors (Lipinski definition) is 6. The predicted octanol–water partition coefficient (Wildman–Crippen LogP) is 1.68. The van der Waals surface area contributed by atoms with Crippen LogP contribution in [0.2, 0.25) is 0 Å². The molecular weight excluding hydrogens is 336 g/mol. The number of ether oxygens (including phenoxy) is 1. The second kappa shape index (κ2) is 5.57. The molecule has 0 spiro atoms. The molecule has 118 valence electrons. The molecule has 2 rings (SSSR count). The van der Waals surface area contributed by atoms with Gasteiger partial charge in [-0.2, -0.15) is 16.8 Å². The lowest BCUT2D eigenvalue weighted by Crippen LogP contribution is -1.99. The molecule has 0 unspecified atom stereocenters. The minimum Gasteiger partial charge on any atom is -0.504 e. The summed E-state index contributed by atoms with van der Waals surface area (Å²) in [6, 6.07) is 7.43. The van der Waals surface area contributed by atoms with E-state index in [2.05, 4.69) is 0 Å². The zero-order valence-electron chi connectivity index (χ0n) is 10.7. The number of rotatable bonds is 4. The first-order chi connectivity index (χ1) is 10.1. The van der Waals surface area contributed by atoms with Crippen LogP contribution in [0, 0.1) is 0 Å². The Bertz CT molecular complexity index is 899. The summed E-state index contributed by atoms with van der Waals surface area (Å²) in [7, 11) is -8.81. The van der Waals surface area contributed by atoms with Gasteiger partial charge in [0.15, 0.2) is 11.5 Å². The highest BCUT2D eigenvalue weighted by atomic mass is 32.2. The molecular formula is C12H10O8S2. The van der Waals surface area contributed by atoms with E-state index < -0.39 is 25.1 Å². The number of benzene rings is 2. The molecule has 3 N–H and O–H groups in total. The molecule has 0 aliphatic heterocycles. The number of phenols is 1. The normalized spacial score (nSPS) is 12.1. The van der Waals surface area contributed by atoms with Crippen LogP contribution < -0.4 is 4.74 Å². The molecule has 2 aromatic rings. The molecule has 0 aliphatic carbocycles. The maximum absolute atomic E-state index is 11.0. The van der Waals surface area contributed by atoms with Crippen LogP contribution >= 0.6 is 0 Å². The third kappa shape index (κ3) is 3.74. The Morgan fingerprint density at radius 2 is 1.27 bits per heavy atom. The van der Waals surface area contributed by atoms with Gasteiger partial charge in [-0.15, -0.1) is 0 Å². The fraction of sp³-hybridized carbons (Fsp3) is 0. The summed E-state index contributed by atoms with van der Waals surface area (Å²) in [5.41, 5.74) is 0. The van der Waals surface area contributed by atoms with Crippen LogP contribution in [0.3, 0.4) is 0 Å². The molecule has 0 fully saturated rings. The van der Waals surface area contributed by atoms with Crippen molar-refractivity contribution in [1.82, 2.24) is 0 Å². The van der Waals surface area contributed by atoms with Gasteiger partial charge in [-0.05, 0) is 36.4 Å². The van der Waals surface area contributed by atoms with Crippen LogP contribution in [0.5, 0.6) is 17.2 Å². The van der Waals surface area contributed by atoms with Gasteiger partial charge in [0.05, 0.1) is 9.79 Å². The van der Waals surface area contributed by atoms with Gasteiger partial charge in [-0.3, -0.25) is 9.11 Å². The minimum absolute atomic E-state index is 0.0789. The molecule has 0 saturated carbocycles. The summed E-state index contributed by atoms with van der Waals surface area (Å²) in [4.78, 5) is -0.828. The Labute approximate surface area is 126 Å². The molecule has 0 aromatic heterocycles. The van der Waals surface area contributed by atoms with Crippen molar-refractivity contribution in [3.63, 3.8) is 0 Å². The van der Waals surface area contributed by atoms with E-state index in [1.807, 2.05) is 0 Å². The van der Waals surface area contributed by atoms with Crippen molar-refractivity contribution in [3.05, 3.63) is 42.5 Å². The lowest BCUT2D eigenvalue weighted by Gasteiger charge is -2.09. The quantitative estimate of drug-likeness (QED) is 0.711. The molecule has 22 heavy (non-hydrogen) atoms. The standard InChI is InChI=1S/C12H10O8S2/c13-11-6-5-10(22(17,18)19)7-12(11)20-8-1-3-9(4-2-8)21(14,15)16/h1-7,13H,(H,14,15,16)(H,17,18,19). The molecule has 8 nitrogen and oxygen atoms in total. The fourth-order valence-electron chi connectivity index (χ4n) is 1.54. The first-order valence-electron chi connectivity index (χ1n) is 5.63.